The Morgan fingerprint density at radius 2 is 1.62 bits per heavy atom. The van der Waals surface area contributed by atoms with E-state index < -0.39 is 0 Å². The Balaban J connectivity index is 2.72. The van der Waals surface area contributed by atoms with Crippen molar-refractivity contribution in [1.29, 1.82) is 0 Å². The minimum atomic E-state index is 0.211. The first kappa shape index (κ1) is 10.6. The van der Waals surface area contributed by atoms with Gasteiger partial charge in [0.15, 0.2) is 0 Å². The first-order valence-corrected chi connectivity index (χ1v) is 5.18. The molecule has 2 rings (SSSR count). The lowest BCUT2D eigenvalue weighted by atomic mass is 9.95. The maximum Gasteiger partial charge on any atom is 0.123 e. The van der Waals surface area contributed by atoms with Crippen molar-refractivity contribution in [3.05, 3.63) is 47.5 Å². The summed E-state index contributed by atoms with van der Waals surface area (Å²) in [5.41, 5.74) is 3.68. The van der Waals surface area contributed by atoms with Gasteiger partial charge in [-0.25, -0.2) is 0 Å². The zero-order valence-electron chi connectivity index (χ0n) is 9.36. The van der Waals surface area contributed by atoms with Crippen molar-refractivity contribution >= 4 is 0 Å². The number of phenols is 2. The van der Waals surface area contributed by atoms with E-state index in [1.807, 2.05) is 32.0 Å². The van der Waals surface area contributed by atoms with Crippen LogP contribution in [0.2, 0.25) is 0 Å². The molecule has 0 amide bonds. The summed E-state index contributed by atoms with van der Waals surface area (Å²) in [6, 6.07) is 10.6. The Hall–Kier alpha value is -1.96. The van der Waals surface area contributed by atoms with Crippen LogP contribution >= 0.6 is 0 Å². The Morgan fingerprint density at radius 3 is 2.31 bits per heavy atom. The number of aromatic hydroxyl groups is 2. The van der Waals surface area contributed by atoms with Gasteiger partial charge in [-0.15, -0.1) is 0 Å². The fourth-order valence-corrected chi connectivity index (χ4v) is 1.88. The maximum absolute atomic E-state index is 9.88. The van der Waals surface area contributed by atoms with Gasteiger partial charge in [0.25, 0.3) is 0 Å². The summed E-state index contributed by atoms with van der Waals surface area (Å²) in [6.45, 7) is 3.90. The average Bonchev–Trinajstić information content (AvgIpc) is 2.23. The van der Waals surface area contributed by atoms with E-state index in [2.05, 4.69) is 0 Å². The van der Waals surface area contributed by atoms with E-state index in [0.29, 0.717) is 0 Å². The summed E-state index contributed by atoms with van der Waals surface area (Å²) < 4.78 is 0. The van der Waals surface area contributed by atoms with E-state index in [1.54, 1.807) is 18.2 Å². The Morgan fingerprint density at radius 1 is 0.875 bits per heavy atom. The molecule has 0 atom stereocenters. The van der Waals surface area contributed by atoms with Crippen LogP contribution in [0, 0.1) is 13.8 Å². The minimum Gasteiger partial charge on any atom is -0.508 e. The van der Waals surface area contributed by atoms with Crippen molar-refractivity contribution in [2.24, 2.45) is 0 Å². The highest BCUT2D eigenvalue weighted by molar-refractivity contribution is 5.76. The highest BCUT2D eigenvalue weighted by Crippen LogP contribution is 2.35. The van der Waals surface area contributed by atoms with Crippen molar-refractivity contribution in [1.82, 2.24) is 0 Å². The van der Waals surface area contributed by atoms with Gasteiger partial charge in [-0.1, -0.05) is 18.2 Å². The van der Waals surface area contributed by atoms with Gasteiger partial charge in [-0.05, 0) is 48.7 Å². The molecule has 0 spiro atoms. The molecule has 2 heteroatoms. The molecule has 2 nitrogen and oxygen atoms in total. The summed E-state index contributed by atoms with van der Waals surface area (Å²) in [7, 11) is 0. The van der Waals surface area contributed by atoms with Gasteiger partial charge in [0.05, 0.1) is 0 Å². The molecule has 82 valence electrons. The summed E-state index contributed by atoms with van der Waals surface area (Å²) in [5.74, 6) is 0.456. The molecule has 0 saturated carbocycles. The van der Waals surface area contributed by atoms with E-state index in [4.69, 9.17) is 0 Å². The minimum absolute atomic E-state index is 0.211. The predicted octanol–water partition coefficient (Wildman–Crippen LogP) is 3.38. The molecule has 0 saturated heterocycles. The number of aryl methyl sites for hydroxylation is 2. The third-order valence-electron chi connectivity index (χ3n) is 2.74. The second-order valence-corrected chi connectivity index (χ2v) is 3.97. The molecule has 2 aromatic carbocycles. The van der Waals surface area contributed by atoms with Crippen molar-refractivity contribution in [3.8, 4) is 22.6 Å². The van der Waals surface area contributed by atoms with Gasteiger partial charge in [0, 0.05) is 5.56 Å². The van der Waals surface area contributed by atoms with E-state index >= 15 is 0 Å². The zero-order valence-corrected chi connectivity index (χ0v) is 9.36. The Kier molecular flexibility index (Phi) is 2.57. The first-order chi connectivity index (χ1) is 7.59. The predicted molar refractivity (Wildman–Crippen MR) is 64.7 cm³/mol. The van der Waals surface area contributed by atoms with Crippen LogP contribution in [0.15, 0.2) is 36.4 Å². The molecule has 0 bridgehead atoms. The molecular formula is C14H14O2. The lowest BCUT2D eigenvalue weighted by molar-refractivity contribution is 0.474. The van der Waals surface area contributed by atoms with Crippen molar-refractivity contribution < 1.29 is 10.2 Å². The largest absolute Gasteiger partial charge is 0.508 e. The molecule has 2 aromatic rings. The Bertz CT molecular complexity index is 510. The number of benzene rings is 2. The molecule has 0 heterocycles. The SMILES string of the molecule is Cc1ccc(O)cc1-c1c(C)cccc1O. The monoisotopic (exact) mass is 214 g/mol. The molecule has 0 aliphatic rings. The lowest BCUT2D eigenvalue weighted by Crippen LogP contribution is -1.87. The first-order valence-electron chi connectivity index (χ1n) is 5.18. The van der Waals surface area contributed by atoms with Crippen LogP contribution in [0.25, 0.3) is 11.1 Å². The normalized spacial score (nSPS) is 10.4. The number of phenolic OH excluding ortho intramolecular Hbond substituents is 2. The van der Waals surface area contributed by atoms with Gasteiger partial charge < -0.3 is 10.2 Å². The van der Waals surface area contributed by atoms with Gasteiger partial charge in [0.2, 0.25) is 0 Å². The van der Waals surface area contributed by atoms with Crippen LogP contribution in [-0.4, -0.2) is 10.2 Å². The van der Waals surface area contributed by atoms with Crippen LogP contribution in [0.3, 0.4) is 0 Å². The molecule has 0 unspecified atom stereocenters. The smallest absolute Gasteiger partial charge is 0.123 e. The fourth-order valence-electron chi connectivity index (χ4n) is 1.88. The molecule has 0 aromatic heterocycles. The summed E-state index contributed by atoms with van der Waals surface area (Å²) in [4.78, 5) is 0. The number of rotatable bonds is 1. The van der Waals surface area contributed by atoms with E-state index in [0.717, 1.165) is 22.3 Å². The molecular weight excluding hydrogens is 200 g/mol. The third-order valence-corrected chi connectivity index (χ3v) is 2.74. The summed E-state index contributed by atoms with van der Waals surface area (Å²) >= 11 is 0. The second kappa shape index (κ2) is 3.89. The van der Waals surface area contributed by atoms with Gasteiger partial charge in [-0.3, -0.25) is 0 Å². The van der Waals surface area contributed by atoms with Crippen molar-refractivity contribution in [3.63, 3.8) is 0 Å². The molecule has 0 aliphatic carbocycles. The quantitative estimate of drug-likeness (QED) is 0.764. The lowest BCUT2D eigenvalue weighted by Gasteiger charge is -2.11. The van der Waals surface area contributed by atoms with Crippen LogP contribution < -0.4 is 0 Å². The molecule has 16 heavy (non-hydrogen) atoms. The zero-order chi connectivity index (χ0) is 11.7. The summed E-state index contributed by atoms with van der Waals surface area (Å²) in [5, 5.41) is 19.4. The van der Waals surface area contributed by atoms with Crippen molar-refractivity contribution in [2.75, 3.05) is 0 Å². The van der Waals surface area contributed by atoms with Crippen LogP contribution in [0.1, 0.15) is 11.1 Å². The van der Waals surface area contributed by atoms with E-state index in [1.165, 1.54) is 0 Å². The maximum atomic E-state index is 9.88. The van der Waals surface area contributed by atoms with Gasteiger partial charge in [0.1, 0.15) is 11.5 Å². The fraction of sp³-hybridized carbons (Fsp3) is 0.143. The molecule has 0 fully saturated rings. The summed E-state index contributed by atoms with van der Waals surface area (Å²) in [6.07, 6.45) is 0. The van der Waals surface area contributed by atoms with Gasteiger partial charge in [-0.2, -0.15) is 0 Å². The second-order valence-electron chi connectivity index (χ2n) is 3.97. The third kappa shape index (κ3) is 1.74. The standard InChI is InChI=1S/C14H14O2/c1-9-6-7-11(15)8-12(9)14-10(2)4-3-5-13(14)16/h3-8,15-16H,1-2H3. The highest BCUT2D eigenvalue weighted by Gasteiger charge is 2.10. The van der Waals surface area contributed by atoms with E-state index in [9.17, 15) is 10.2 Å². The number of hydrogen-bond acceptors (Lipinski definition) is 2. The van der Waals surface area contributed by atoms with Gasteiger partial charge >= 0.3 is 0 Å². The Labute approximate surface area is 94.8 Å². The molecule has 0 radical (unpaired) electrons. The number of hydrogen-bond donors (Lipinski definition) is 2. The van der Waals surface area contributed by atoms with Crippen LogP contribution in [0.4, 0.5) is 0 Å². The van der Waals surface area contributed by atoms with E-state index in [-0.39, 0.29) is 11.5 Å². The topological polar surface area (TPSA) is 40.5 Å². The van der Waals surface area contributed by atoms with Crippen LogP contribution in [-0.2, 0) is 0 Å². The molecule has 0 aliphatic heterocycles. The highest BCUT2D eigenvalue weighted by atomic mass is 16.3. The average molecular weight is 214 g/mol. The van der Waals surface area contributed by atoms with Crippen molar-refractivity contribution in [2.45, 2.75) is 13.8 Å². The van der Waals surface area contributed by atoms with Crippen LogP contribution in [0.5, 0.6) is 11.5 Å². The molecule has 2 N–H and O–H groups in total.